The fourth-order valence-electron chi connectivity index (χ4n) is 10.4. The first-order valence-corrected chi connectivity index (χ1v) is 16.1. The van der Waals surface area contributed by atoms with Crippen molar-refractivity contribution in [2.45, 2.75) is 109 Å². The summed E-state index contributed by atoms with van der Waals surface area (Å²) in [5, 5.41) is 0. The zero-order valence-corrected chi connectivity index (χ0v) is 23.9. The molecule has 0 unspecified atom stereocenters. The number of aryl methyl sites for hydroxylation is 1. The van der Waals surface area contributed by atoms with E-state index in [1.54, 1.807) is 12.1 Å². The van der Waals surface area contributed by atoms with Gasteiger partial charge in [0.05, 0.1) is 11.0 Å². The molecule has 6 rings (SSSR count). The second-order valence-corrected chi connectivity index (χ2v) is 15.2. The van der Waals surface area contributed by atoms with Crippen molar-refractivity contribution in [1.29, 1.82) is 0 Å². The number of carbonyl (C=O) groups is 1. The molecule has 0 amide bonds. The van der Waals surface area contributed by atoms with Crippen LogP contribution in [0.5, 0.6) is 0 Å². The predicted octanol–water partition coefficient (Wildman–Crippen LogP) is 7.41. The van der Waals surface area contributed by atoms with E-state index in [1.807, 2.05) is 26.0 Å². The van der Waals surface area contributed by atoms with Gasteiger partial charge in [-0.15, -0.1) is 0 Å². The normalized spacial score (nSPS) is 43.1. The zero-order valence-electron chi connectivity index (χ0n) is 23.1. The van der Waals surface area contributed by atoms with Gasteiger partial charge < -0.3 is 0 Å². The maximum absolute atomic E-state index is 13.3. The van der Waals surface area contributed by atoms with Crippen LogP contribution < -0.4 is 0 Å². The van der Waals surface area contributed by atoms with Gasteiger partial charge in [-0.05, 0) is 118 Å². The van der Waals surface area contributed by atoms with Crippen LogP contribution in [0.25, 0.3) is 0 Å². The summed E-state index contributed by atoms with van der Waals surface area (Å²) in [7, 11) is -3.76. The van der Waals surface area contributed by atoms with Crippen LogP contribution in [0.15, 0.2) is 40.8 Å². The second-order valence-electron chi connectivity index (χ2n) is 13.6. The Morgan fingerprint density at radius 3 is 2.46 bits per heavy atom. The lowest BCUT2D eigenvalue weighted by molar-refractivity contribution is -0.147. The third-order valence-corrected chi connectivity index (χ3v) is 13.7. The van der Waals surface area contributed by atoms with Crippen LogP contribution in [0.1, 0.15) is 97.0 Å². The van der Waals surface area contributed by atoms with E-state index in [0.29, 0.717) is 35.9 Å². The molecule has 5 heteroatoms. The number of allylic oxidation sites excluding steroid dienone is 1. The SMILES string of the molecule is CC(=O)[C@@]12CCCC[C@@H]1C[C@H]1[C@@H]3CC=C4C[C@H](OS(=O)(=O)c5ccc(C)cc5)CC[C@]4(C)[C@H]3CC[C@@]12C. The first-order valence-electron chi connectivity index (χ1n) is 14.7. The van der Waals surface area contributed by atoms with Gasteiger partial charge in [0.15, 0.2) is 0 Å². The van der Waals surface area contributed by atoms with Crippen molar-refractivity contribution in [2.75, 3.05) is 0 Å². The molecule has 8 atom stereocenters. The van der Waals surface area contributed by atoms with Crippen molar-refractivity contribution in [3.05, 3.63) is 41.5 Å². The van der Waals surface area contributed by atoms with Gasteiger partial charge in [0.1, 0.15) is 5.78 Å². The highest BCUT2D eigenvalue weighted by Gasteiger charge is 2.68. The molecule has 0 aliphatic heterocycles. The summed E-state index contributed by atoms with van der Waals surface area (Å²) in [4.78, 5) is 13.6. The molecule has 5 aliphatic rings. The summed E-state index contributed by atoms with van der Waals surface area (Å²) in [6.07, 6.45) is 14.2. The molecule has 202 valence electrons. The molecule has 4 fully saturated rings. The van der Waals surface area contributed by atoms with Gasteiger partial charge in [-0.25, -0.2) is 0 Å². The molecule has 0 saturated heterocycles. The zero-order chi connectivity index (χ0) is 26.2. The van der Waals surface area contributed by atoms with Crippen molar-refractivity contribution < 1.29 is 17.4 Å². The van der Waals surface area contributed by atoms with Gasteiger partial charge in [-0.1, -0.05) is 56.0 Å². The fraction of sp³-hybridized carbons (Fsp3) is 0.719. The van der Waals surface area contributed by atoms with Crippen molar-refractivity contribution in [3.63, 3.8) is 0 Å². The Morgan fingerprint density at radius 2 is 1.73 bits per heavy atom. The summed E-state index contributed by atoms with van der Waals surface area (Å²) in [5.74, 6) is 2.93. The maximum atomic E-state index is 13.3. The topological polar surface area (TPSA) is 60.4 Å². The molecule has 4 nitrogen and oxygen atoms in total. The number of carbonyl (C=O) groups excluding carboxylic acids is 1. The average Bonchev–Trinajstić information content (AvgIpc) is 3.14. The number of ketones is 1. The summed E-state index contributed by atoms with van der Waals surface area (Å²) in [6.45, 7) is 8.79. The van der Waals surface area contributed by atoms with E-state index in [4.69, 9.17) is 4.18 Å². The minimum atomic E-state index is -3.76. The van der Waals surface area contributed by atoms with E-state index < -0.39 is 10.1 Å². The largest absolute Gasteiger partial charge is 0.299 e. The Bertz CT molecular complexity index is 1220. The van der Waals surface area contributed by atoms with E-state index in [1.165, 1.54) is 44.1 Å². The van der Waals surface area contributed by atoms with Crippen LogP contribution >= 0.6 is 0 Å². The Balaban J connectivity index is 1.24. The van der Waals surface area contributed by atoms with Gasteiger partial charge in [0.2, 0.25) is 0 Å². The number of rotatable bonds is 4. The Morgan fingerprint density at radius 1 is 0.973 bits per heavy atom. The third-order valence-electron chi connectivity index (χ3n) is 12.3. The van der Waals surface area contributed by atoms with Crippen LogP contribution in [0, 0.1) is 46.8 Å². The molecular weight excluding hydrogens is 480 g/mol. The Hall–Kier alpha value is -1.46. The number of hydrogen-bond acceptors (Lipinski definition) is 4. The average molecular weight is 525 g/mol. The number of fused-ring (bicyclic) bond motifs is 7. The van der Waals surface area contributed by atoms with Crippen molar-refractivity contribution in [2.24, 2.45) is 39.9 Å². The quantitative estimate of drug-likeness (QED) is 0.304. The van der Waals surface area contributed by atoms with Crippen LogP contribution in [-0.4, -0.2) is 20.3 Å². The van der Waals surface area contributed by atoms with E-state index >= 15 is 0 Å². The second kappa shape index (κ2) is 8.78. The summed E-state index contributed by atoms with van der Waals surface area (Å²) in [6, 6.07) is 6.94. The lowest BCUT2D eigenvalue weighted by Gasteiger charge is -2.60. The lowest BCUT2D eigenvalue weighted by Crippen LogP contribution is -2.55. The van der Waals surface area contributed by atoms with Gasteiger partial charge in [0, 0.05) is 5.41 Å². The monoisotopic (exact) mass is 524 g/mol. The van der Waals surface area contributed by atoms with Crippen LogP contribution in [0.4, 0.5) is 0 Å². The van der Waals surface area contributed by atoms with Crippen molar-refractivity contribution in [3.8, 4) is 0 Å². The number of benzene rings is 1. The predicted molar refractivity (Wildman–Crippen MR) is 145 cm³/mol. The number of hydrogen-bond donors (Lipinski definition) is 0. The lowest BCUT2D eigenvalue weighted by atomic mass is 9.44. The third kappa shape index (κ3) is 3.69. The van der Waals surface area contributed by atoms with Crippen LogP contribution in [0.2, 0.25) is 0 Å². The Kier molecular flexibility index (Phi) is 6.12. The van der Waals surface area contributed by atoms with E-state index in [0.717, 1.165) is 31.2 Å². The molecule has 37 heavy (non-hydrogen) atoms. The highest BCUT2D eigenvalue weighted by atomic mass is 32.2. The number of Topliss-reactive ketones (excluding diaryl/α,β-unsaturated/α-hetero) is 1. The molecule has 0 heterocycles. The van der Waals surface area contributed by atoms with Crippen LogP contribution in [0.3, 0.4) is 0 Å². The Labute approximate surface area is 223 Å². The molecule has 0 spiro atoms. The fourth-order valence-corrected chi connectivity index (χ4v) is 11.5. The molecule has 4 saturated carbocycles. The van der Waals surface area contributed by atoms with Gasteiger partial charge in [-0.2, -0.15) is 8.42 Å². The summed E-state index contributed by atoms with van der Waals surface area (Å²) in [5.41, 5.74) is 2.61. The standard InChI is InChI=1S/C32H44O4S/c1-21-8-11-26(12-9-21)37(34,35)36-25-14-17-30(3)23(19-25)10-13-27-28(30)15-18-31(4)29(27)20-24-7-5-6-16-32(24,31)22(2)33/h8-12,24-25,27-29H,5-7,13-20H2,1-4H3/t24-,25-,27-,28+,29+,30+,31+,32+/m1/s1. The van der Waals surface area contributed by atoms with E-state index in [9.17, 15) is 13.2 Å². The highest BCUT2D eigenvalue weighted by molar-refractivity contribution is 7.86. The molecule has 0 bridgehead atoms. The molecule has 5 aliphatic carbocycles. The first-order chi connectivity index (χ1) is 17.5. The maximum Gasteiger partial charge on any atom is 0.297 e. The van der Waals surface area contributed by atoms with E-state index in [-0.39, 0.29) is 27.2 Å². The molecule has 0 N–H and O–H groups in total. The van der Waals surface area contributed by atoms with Gasteiger partial charge in [0.25, 0.3) is 10.1 Å². The molecule has 1 aromatic rings. The van der Waals surface area contributed by atoms with Gasteiger partial charge in [-0.3, -0.25) is 8.98 Å². The van der Waals surface area contributed by atoms with Gasteiger partial charge >= 0.3 is 0 Å². The minimum Gasteiger partial charge on any atom is -0.299 e. The molecular formula is C32H44O4S. The summed E-state index contributed by atoms with van der Waals surface area (Å²) >= 11 is 0. The van der Waals surface area contributed by atoms with Crippen LogP contribution in [-0.2, 0) is 19.1 Å². The van der Waals surface area contributed by atoms with Crippen molar-refractivity contribution in [1.82, 2.24) is 0 Å². The molecule has 0 aromatic heterocycles. The highest BCUT2D eigenvalue weighted by Crippen LogP contribution is 2.73. The molecule has 0 radical (unpaired) electrons. The van der Waals surface area contributed by atoms with E-state index in [2.05, 4.69) is 19.9 Å². The molecule has 1 aromatic carbocycles. The minimum absolute atomic E-state index is 0.0956. The van der Waals surface area contributed by atoms with Crippen molar-refractivity contribution >= 4 is 15.9 Å². The summed E-state index contributed by atoms with van der Waals surface area (Å²) < 4.78 is 31.8. The first kappa shape index (κ1) is 25.8. The smallest absolute Gasteiger partial charge is 0.297 e.